The van der Waals surface area contributed by atoms with Gasteiger partial charge in [0.1, 0.15) is 5.82 Å². The second kappa shape index (κ2) is 4.98. The molecule has 0 spiro atoms. The summed E-state index contributed by atoms with van der Waals surface area (Å²) < 4.78 is 13.8. The Morgan fingerprint density at radius 3 is 2.90 bits per heavy atom. The molecular weight excluding hydrogens is 251 g/mol. The summed E-state index contributed by atoms with van der Waals surface area (Å²) in [7, 11) is 0. The van der Waals surface area contributed by atoms with Crippen molar-refractivity contribution in [3.8, 4) is 0 Å². The molecule has 1 aliphatic carbocycles. The molecule has 3 heteroatoms. The highest BCUT2D eigenvalue weighted by Gasteiger charge is 2.37. The van der Waals surface area contributed by atoms with Crippen LogP contribution in [0.5, 0.6) is 0 Å². The van der Waals surface area contributed by atoms with Crippen molar-refractivity contribution in [2.45, 2.75) is 37.6 Å². The van der Waals surface area contributed by atoms with Gasteiger partial charge >= 0.3 is 0 Å². The molecule has 2 aromatic rings. The Kier molecular flexibility index (Phi) is 3.30. The smallest absolute Gasteiger partial charge is 0.126 e. The number of nitrogens with zero attached hydrogens (tertiary/aromatic N) is 1. The van der Waals surface area contributed by atoms with Crippen LogP contribution in [0.1, 0.15) is 36.1 Å². The zero-order valence-electron chi connectivity index (χ0n) is 11.6. The highest BCUT2D eigenvalue weighted by atomic mass is 19.1. The summed E-state index contributed by atoms with van der Waals surface area (Å²) in [6, 6.07) is 10.9. The van der Waals surface area contributed by atoms with Crippen molar-refractivity contribution >= 4 is 0 Å². The molecule has 2 nitrogen and oxygen atoms in total. The predicted octanol–water partition coefficient (Wildman–Crippen LogP) is 3.21. The number of fused-ring (bicyclic) bond motifs is 1. The standard InChI is InChI=1S/C17H19FN2/c1-17(19,11-13-5-2-3-7-15(13)18)14-9-8-12-6-4-10-20-16(12)14/h2-7,10,14H,8-9,11,19H2,1H3. The highest BCUT2D eigenvalue weighted by Crippen LogP contribution is 2.39. The molecule has 2 atom stereocenters. The summed E-state index contributed by atoms with van der Waals surface area (Å²) in [5.74, 6) is 0.0155. The predicted molar refractivity (Wildman–Crippen MR) is 78.0 cm³/mol. The minimum atomic E-state index is -0.484. The number of rotatable bonds is 3. The van der Waals surface area contributed by atoms with E-state index in [1.54, 1.807) is 6.07 Å². The molecule has 0 aliphatic heterocycles. The van der Waals surface area contributed by atoms with E-state index in [1.165, 1.54) is 11.6 Å². The molecule has 2 N–H and O–H groups in total. The monoisotopic (exact) mass is 270 g/mol. The number of aryl methyl sites for hydroxylation is 1. The number of aromatic nitrogens is 1. The molecule has 1 aromatic carbocycles. The van der Waals surface area contributed by atoms with E-state index in [0.29, 0.717) is 12.0 Å². The third kappa shape index (κ3) is 2.34. The first-order valence-electron chi connectivity index (χ1n) is 7.04. The van der Waals surface area contributed by atoms with Crippen molar-refractivity contribution in [2.24, 2.45) is 5.73 Å². The fraction of sp³-hybridized carbons (Fsp3) is 0.353. The minimum absolute atomic E-state index is 0.177. The molecule has 1 heterocycles. The molecule has 20 heavy (non-hydrogen) atoms. The minimum Gasteiger partial charge on any atom is -0.324 e. The number of benzene rings is 1. The van der Waals surface area contributed by atoms with Crippen LogP contribution in [0.4, 0.5) is 4.39 Å². The molecule has 2 unspecified atom stereocenters. The third-order valence-corrected chi connectivity index (χ3v) is 4.28. The first-order valence-corrected chi connectivity index (χ1v) is 7.04. The van der Waals surface area contributed by atoms with Gasteiger partial charge in [0.2, 0.25) is 0 Å². The normalized spacial score (nSPS) is 20.4. The van der Waals surface area contributed by atoms with Gasteiger partial charge in [0.25, 0.3) is 0 Å². The summed E-state index contributed by atoms with van der Waals surface area (Å²) in [4.78, 5) is 4.50. The Balaban J connectivity index is 1.88. The molecule has 1 aromatic heterocycles. The van der Waals surface area contributed by atoms with E-state index in [1.807, 2.05) is 31.3 Å². The van der Waals surface area contributed by atoms with Crippen molar-refractivity contribution in [3.63, 3.8) is 0 Å². The van der Waals surface area contributed by atoms with Gasteiger partial charge in [-0.3, -0.25) is 4.98 Å². The second-order valence-electron chi connectivity index (χ2n) is 5.91. The summed E-state index contributed by atoms with van der Waals surface area (Å²) in [5, 5.41) is 0. The van der Waals surface area contributed by atoms with Gasteiger partial charge in [-0.2, -0.15) is 0 Å². The van der Waals surface area contributed by atoms with Crippen molar-refractivity contribution in [3.05, 3.63) is 65.2 Å². The van der Waals surface area contributed by atoms with E-state index in [2.05, 4.69) is 11.1 Å². The average Bonchev–Trinajstić information content (AvgIpc) is 2.86. The maximum atomic E-state index is 13.8. The fourth-order valence-electron chi connectivity index (χ4n) is 3.23. The van der Waals surface area contributed by atoms with Crippen LogP contribution in [0.2, 0.25) is 0 Å². The van der Waals surface area contributed by atoms with E-state index in [9.17, 15) is 4.39 Å². The molecule has 0 saturated heterocycles. The van der Waals surface area contributed by atoms with Crippen LogP contribution in [-0.4, -0.2) is 10.5 Å². The topological polar surface area (TPSA) is 38.9 Å². The van der Waals surface area contributed by atoms with Crippen LogP contribution in [0.25, 0.3) is 0 Å². The Labute approximate surface area is 118 Å². The Morgan fingerprint density at radius 1 is 1.30 bits per heavy atom. The lowest BCUT2D eigenvalue weighted by Crippen LogP contribution is -2.44. The van der Waals surface area contributed by atoms with Gasteiger partial charge in [-0.25, -0.2) is 4.39 Å². The van der Waals surface area contributed by atoms with Gasteiger partial charge in [0.05, 0.1) is 0 Å². The van der Waals surface area contributed by atoms with Gasteiger partial charge in [-0.1, -0.05) is 24.3 Å². The van der Waals surface area contributed by atoms with Crippen LogP contribution in [-0.2, 0) is 12.8 Å². The zero-order valence-corrected chi connectivity index (χ0v) is 11.6. The molecule has 0 amide bonds. The lowest BCUT2D eigenvalue weighted by atomic mass is 9.79. The first kappa shape index (κ1) is 13.3. The van der Waals surface area contributed by atoms with Crippen LogP contribution >= 0.6 is 0 Å². The van der Waals surface area contributed by atoms with Crippen molar-refractivity contribution < 1.29 is 4.39 Å². The maximum absolute atomic E-state index is 13.8. The number of halogens is 1. The molecular formula is C17H19FN2. The van der Waals surface area contributed by atoms with Crippen molar-refractivity contribution in [2.75, 3.05) is 0 Å². The van der Waals surface area contributed by atoms with Gasteiger partial charge in [0.15, 0.2) is 0 Å². The van der Waals surface area contributed by atoms with Gasteiger partial charge in [-0.05, 0) is 49.4 Å². The fourth-order valence-corrected chi connectivity index (χ4v) is 3.23. The number of pyridine rings is 1. The molecule has 0 fully saturated rings. The highest BCUT2D eigenvalue weighted by molar-refractivity contribution is 5.33. The summed E-state index contributed by atoms with van der Waals surface area (Å²) in [5.41, 5.74) is 9.10. The third-order valence-electron chi connectivity index (χ3n) is 4.28. The van der Waals surface area contributed by atoms with Crippen molar-refractivity contribution in [1.82, 2.24) is 4.98 Å². The quantitative estimate of drug-likeness (QED) is 0.930. The molecule has 3 rings (SSSR count). The Morgan fingerprint density at radius 2 is 2.10 bits per heavy atom. The van der Waals surface area contributed by atoms with E-state index in [4.69, 9.17) is 5.73 Å². The van der Waals surface area contributed by atoms with E-state index >= 15 is 0 Å². The van der Waals surface area contributed by atoms with Crippen molar-refractivity contribution in [1.29, 1.82) is 0 Å². The first-order chi connectivity index (χ1) is 9.58. The largest absolute Gasteiger partial charge is 0.324 e. The van der Waals surface area contributed by atoms with Crippen LogP contribution in [0, 0.1) is 5.82 Å². The zero-order chi connectivity index (χ0) is 14.2. The summed E-state index contributed by atoms with van der Waals surface area (Å²) in [6.45, 7) is 2.01. The molecule has 104 valence electrons. The molecule has 0 saturated carbocycles. The second-order valence-corrected chi connectivity index (χ2v) is 5.91. The van der Waals surface area contributed by atoms with E-state index in [0.717, 1.165) is 18.5 Å². The molecule has 0 bridgehead atoms. The molecule has 1 aliphatic rings. The lowest BCUT2D eigenvalue weighted by molar-refractivity contribution is 0.361. The van der Waals surface area contributed by atoms with Crippen LogP contribution in [0.15, 0.2) is 42.6 Å². The molecule has 0 radical (unpaired) electrons. The lowest BCUT2D eigenvalue weighted by Gasteiger charge is -2.32. The number of nitrogens with two attached hydrogens (primary N) is 1. The average molecular weight is 270 g/mol. The summed E-state index contributed by atoms with van der Waals surface area (Å²) in [6.07, 6.45) is 4.35. The van der Waals surface area contributed by atoms with Gasteiger partial charge < -0.3 is 5.73 Å². The van der Waals surface area contributed by atoms with Gasteiger partial charge in [0, 0.05) is 23.3 Å². The van der Waals surface area contributed by atoms with Gasteiger partial charge in [-0.15, -0.1) is 0 Å². The number of hydrogen-bond acceptors (Lipinski definition) is 2. The Bertz CT molecular complexity index is 622. The number of hydrogen-bond donors (Lipinski definition) is 1. The van der Waals surface area contributed by atoms with E-state index < -0.39 is 5.54 Å². The van der Waals surface area contributed by atoms with E-state index in [-0.39, 0.29) is 11.7 Å². The maximum Gasteiger partial charge on any atom is 0.126 e. The van der Waals surface area contributed by atoms with Crippen LogP contribution in [0.3, 0.4) is 0 Å². The summed E-state index contributed by atoms with van der Waals surface area (Å²) >= 11 is 0. The van der Waals surface area contributed by atoms with Crippen LogP contribution < -0.4 is 5.73 Å². The SMILES string of the molecule is CC(N)(Cc1ccccc1F)C1CCc2cccnc21. The Hall–Kier alpha value is -1.74.